The van der Waals surface area contributed by atoms with E-state index in [0.717, 1.165) is 6.61 Å². The molecule has 1 aromatic rings. The molecule has 2 aliphatic carbocycles. The number of ether oxygens (including phenoxy) is 1. The molecule has 2 fully saturated rings. The van der Waals surface area contributed by atoms with Gasteiger partial charge in [-0.05, 0) is 38.7 Å². The lowest BCUT2D eigenvalue weighted by Crippen LogP contribution is -2.64. The van der Waals surface area contributed by atoms with Gasteiger partial charge in [0.1, 0.15) is 0 Å². The van der Waals surface area contributed by atoms with Gasteiger partial charge in [0, 0.05) is 24.1 Å². The Hall–Kier alpha value is -0.860. The second-order valence-electron chi connectivity index (χ2n) is 6.83. The molecule has 2 nitrogen and oxygen atoms in total. The summed E-state index contributed by atoms with van der Waals surface area (Å²) in [6.45, 7) is 5.27. The van der Waals surface area contributed by atoms with Crippen molar-refractivity contribution in [3.8, 4) is 0 Å². The lowest BCUT2D eigenvalue weighted by Gasteiger charge is -2.58. The zero-order valence-corrected chi connectivity index (χ0v) is 13.5. The van der Waals surface area contributed by atoms with Crippen molar-refractivity contribution in [1.82, 2.24) is 5.32 Å². The quantitative estimate of drug-likeness (QED) is 0.863. The van der Waals surface area contributed by atoms with Crippen LogP contribution in [0.1, 0.15) is 64.0 Å². The summed E-state index contributed by atoms with van der Waals surface area (Å²) < 4.78 is 6.05. The van der Waals surface area contributed by atoms with Crippen LogP contribution in [-0.4, -0.2) is 18.8 Å². The molecule has 0 radical (unpaired) electrons. The summed E-state index contributed by atoms with van der Waals surface area (Å²) in [5, 5.41) is 3.90. The highest BCUT2D eigenvalue weighted by atomic mass is 16.5. The Morgan fingerprint density at radius 2 is 1.90 bits per heavy atom. The first-order chi connectivity index (χ1) is 10.3. The van der Waals surface area contributed by atoms with Crippen LogP contribution in [-0.2, 0) is 4.74 Å². The predicted molar refractivity (Wildman–Crippen MR) is 87.3 cm³/mol. The maximum Gasteiger partial charge on any atom is 0.0661 e. The number of rotatable bonds is 5. The van der Waals surface area contributed by atoms with Crippen molar-refractivity contribution in [3.63, 3.8) is 0 Å². The molecule has 21 heavy (non-hydrogen) atoms. The van der Waals surface area contributed by atoms with Crippen LogP contribution in [0.3, 0.4) is 0 Å². The van der Waals surface area contributed by atoms with Gasteiger partial charge in [-0.15, -0.1) is 0 Å². The molecule has 2 saturated carbocycles. The van der Waals surface area contributed by atoms with E-state index in [1.807, 2.05) is 0 Å². The summed E-state index contributed by atoms with van der Waals surface area (Å²) in [5.74, 6) is 0. The summed E-state index contributed by atoms with van der Waals surface area (Å²) in [5.41, 5.74) is 1.81. The number of hydrogen-bond acceptors (Lipinski definition) is 2. The molecule has 1 spiro atoms. The van der Waals surface area contributed by atoms with Gasteiger partial charge in [-0.2, -0.15) is 0 Å². The monoisotopic (exact) mass is 287 g/mol. The van der Waals surface area contributed by atoms with Crippen LogP contribution < -0.4 is 5.32 Å². The van der Waals surface area contributed by atoms with Gasteiger partial charge in [0.25, 0.3) is 0 Å². The van der Waals surface area contributed by atoms with Gasteiger partial charge >= 0.3 is 0 Å². The second kappa shape index (κ2) is 6.50. The van der Waals surface area contributed by atoms with Crippen molar-refractivity contribution >= 4 is 0 Å². The highest BCUT2D eigenvalue weighted by Crippen LogP contribution is 2.53. The second-order valence-corrected chi connectivity index (χ2v) is 6.83. The summed E-state index contributed by atoms with van der Waals surface area (Å²) in [6.07, 6.45) is 8.52. The molecular weight excluding hydrogens is 258 g/mol. The Kier molecular flexibility index (Phi) is 4.66. The van der Waals surface area contributed by atoms with E-state index in [2.05, 4.69) is 49.5 Å². The van der Waals surface area contributed by atoms with Gasteiger partial charge < -0.3 is 10.1 Å². The van der Waals surface area contributed by atoms with Gasteiger partial charge in [0.15, 0.2) is 0 Å². The summed E-state index contributed by atoms with van der Waals surface area (Å²) in [4.78, 5) is 0. The van der Waals surface area contributed by atoms with Gasteiger partial charge in [-0.25, -0.2) is 0 Å². The number of nitrogens with one attached hydrogen (secondary N) is 1. The van der Waals surface area contributed by atoms with Crippen molar-refractivity contribution in [2.45, 2.75) is 70.6 Å². The minimum absolute atomic E-state index is 0.414. The van der Waals surface area contributed by atoms with Crippen LogP contribution in [0.4, 0.5) is 0 Å². The van der Waals surface area contributed by atoms with Crippen LogP contribution in [0.15, 0.2) is 30.3 Å². The highest BCUT2D eigenvalue weighted by Gasteiger charge is 2.55. The Morgan fingerprint density at radius 1 is 1.19 bits per heavy atom. The van der Waals surface area contributed by atoms with Crippen molar-refractivity contribution in [3.05, 3.63) is 35.9 Å². The topological polar surface area (TPSA) is 21.3 Å². The first-order valence-electron chi connectivity index (χ1n) is 8.69. The third-order valence-electron chi connectivity index (χ3n) is 5.69. The summed E-state index contributed by atoms with van der Waals surface area (Å²) >= 11 is 0. The van der Waals surface area contributed by atoms with Crippen LogP contribution in [0.2, 0.25) is 0 Å². The van der Waals surface area contributed by atoms with E-state index >= 15 is 0 Å². The lowest BCUT2D eigenvalue weighted by molar-refractivity contribution is -0.152. The maximum atomic E-state index is 6.05. The lowest BCUT2D eigenvalue weighted by atomic mass is 9.55. The third kappa shape index (κ3) is 2.89. The molecule has 3 atom stereocenters. The first kappa shape index (κ1) is 15.1. The Bertz CT molecular complexity index is 438. The number of hydrogen-bond donors (Lipinski definition) is 1. The first-order valence-corrected chi connectivity index (χ1v) is 8.69. The third-order valence-corrected chi connectivity index (χ3v) is 5.69. The minimum atomic E-state index is 0.414. The largest absolute Gasteiger partial charge is 0.378 e. The molecule has 0 bridgehead atoms. The standard InChI is InChI=1S/C19H29NO/c1-3-21-18-14-17(19(18)12-8-5-9-13-19)20-15(2)16-10-6-4-7-11-16/h4,6-7,10-11,15,17-18,20H,3,5,8-9,12-14H2,1-2H3/t15-,17?,18?/m1/s1. The molecule has 3 rings (SSSR count). The molecule has 2 unspecified atom stereocenters. The van der Waals surface area contributed by atoms with E-state index in [-0.39, 0.29) is 0 Å². The van der Waals surface area contributed by atoms with Crippen molar-refractivity contribution in [1.29, 1.82) is 0 Å². The Labute approximate surface area is 129 Å². The normalized spacial score (nSPS) is 29.0. The zero-order valence-electron chi connectivity index (χ0n) is 13.5. The Balaban J connectivity index is 1.67. The molecular formula is C19H29NO. The zero-order chi connectivity index (χ0) is 14.7. The predicted octanol–water partition coefficient (Wildman–Crippen LogP) is 4.47. The molecule has 0 aliphatic heterocycles. The van der Waals surface area contributed by atoms with E-state index in [1.54, 1.807) is 0 Å². The molecule has 1 aromatic carbocycles. The van der Waals surface area contributed by atoms with E-state index in [4.69, 9.17) is 4.74 Å². The van der Waals surface area contributed by atoms with E-state index in [0.29, 0.717) is 23.6 Å². The average molecular weight is 287 g/mol. The van der Waals surface area contributed by atoms with Gasteiger partial charge in [-0.3, -0.25) is 0 Å². The molecule has 0 saturated heterocycles. The molecule has 0 aromatic heterocycles. The van der Waals surface area contributed by atoms with Crippen LogP contribution in [0.5, 0.6) is 0 Å². The van der Waals surface area contributed by atoms with Crippen LogP contribution in [0, 0.1) is 5.41 Å². The maximum absolute atomic E-state index is 6.05. The smallest absolute Gasteiger partial charge is 0.0661 e. The van der Waals surface area contributed by atoms with Crippen molar-refractivity contribution in [2.24, 2.45) is 5.41 Å². The molecule has 116 valence electrons. The highest BCUT2D eigenvalue weighted by molar-refractivity contribution is 5.19. The van der Waals surface area contributed by atoms with E-state index in [1.165, 1.54) is 44.1 Å². The fourth-order valence-electron chi connectivity index (χ4n) is 4.44. The molecule has 2 heteroatoms. The Morgan fingerprint density at radius 3 is 2.57 bits per heavy atom. The number of benzene rings is 1. The van der Waals surface area contributed by atoms with Crippen LogP contribution >= 0.6 is 0 Å². The van der Waals surface area contributed by atoms with E-state index < -0.39 is 0 Å². The summed E-state index contributed by atoms with van der Waals surface area (Å²) in [7, 11) is 0. The minimum Gasteiger partial charge on any atom is -0.378 e. The van der Waals surface area contributed by atoms with Gasteiger partial charge in [0.05, 0.1) is 6.10 Å². The van der Waals surface area contributed by atoms with Crippen molar-refractivity contribution < 1.29 is 4.74 Å². The molecule has 2 aliphatic rings. The average Bonchev–Trinajstić information content (AvgIpc) is 2.55. The summed E-state index contributed by atoms with van der Waals surface area (Å²) in [6, 6.07) is 11.9. The molecule has 0 amide bonds. The van der Waals surface area contributed by atoms with Gasteiger partial charge in [-0.1, -0.05) is 49.6 Å². The van der Waals surface area contributed by atoms with Crippen LogP contribution in [0.25, 0.3) is 0 Å². The van der Waals surface area contributed by atoms with E-state index in [9.17, 15) is 0 Å². The molecule has 0 heterocycles. The fourth-order valence-corrected chi connectivity index (χ4v) is 4.44. The van der Waals surface area contributed by atoms with Crippen molar-refractivity contribution in [2.75, 3.05) is 6.61 Å². The fraction of sp³-hybridized carbons (Fsp3) is 0.684. The molecule has 1 N–H and O–H groups in total. The van der Waals surface area contributed by atoms with Gasteiger partial charge in [0.2, 0.25) is 0 Å². The SMILES string of the molecule is CCOC1CC(N[C@H](C)c2ccccc2)C12CCCCC2.